The lowest BCUT2D eigenvalue weighted by molar-refractivity contribution is -0.125. The van der Waals surface area contributed by atoms with Crippen LogP contribution in [0.4, 0.5) is 10.1 Å². The molecular formula is C22H30FN3O2. The van der Waals surface area contributed by atoms with Gasteiger partial charge in [-0.25, -0.2) is 4.39 Å². The highest BCUT2D eigenvalue weighted by atomic mass is 19.1. The number of carbonyl (C=O) groups is 2. The van der Waals surface area contributed by atoms with Crippen molar-refractivity contribution in [2.75, 3.05) is 11.9 Å². The Morgan fingerprint density at radius 1 is 0.964 bits per heavy atom. The third-order valence-corrected chi connectivity index (χ3v) is 6.64. The molecule has 1 aliphatic heterocycles. The molecule has 0 aromatic heterocycles. The second kappa shape index (κ2) is 8.60. The molecule has 0 atom stereocenters. The monoisotopic (exact) mass is 387 g/mol. The Morgan fingerprint density at radius 2 is 1.68 bits per heavy atom. The molecule has 0 unspecified atom stereocenters. The first-order valence-corrected chi connectivity index (χ1v) is 10.7. The van der Waals surface area contributed by atoms with E-state index in [1.165, 1.54) is 0 Å². The van der Waals surface area contributed by atoms with Gasteiger partial charge in [0, 0.05) is 24.4 Å². The average Bonchev–Trinajstić information content (AvgIpc) is 3.26. The number of nitrogens with one attached hydrogen (secondary N) is 3. The Labute approximate surface area is 165 Å². The fourth-order valence-corrected chi connectivity index (χ4v) is 4.87. The molecule has 28 heavy (non-hydrogen) atoms. The summed E-state index contributed by atoms with van der Waals surface area (Å²) in [5.74, 6) is -0.130. The summed E-state index contributed by atoms with van der Waals surface area (Å²) < 4.78 is 14.7. The molecule has 3 N–H and O–H groups in total. The summed E-state index contributed by atoms with van der Waals surface area (Å²) in [6, 6.07) is 3.74. The largest absolute Gasteiger partial charge is 0.353 e. The van der Waals surface area contributed by atoms with E-state index in [0.717, 1.165) is 69.0 Å². The Bertz CT molecular complexity index is 738. The van der Waals surface area contributed by atoms with E-state index in [1.807, 2.05) is 6.07 Å². The van der Waals surface area contributed by atoms with Crippen LogP contribution in [0.3, 0.4) is 0 Å². The summed E-state index contributed by atoms with van der Waals surface area (Å²) in [7, 11) is 0. The topological polar surface area (TPSA) is 70.2 Å². The number of rotatable bonds is 4. The summed E-state index contributed by atoms with van der Waals surface area (Å²) in [6.07, 6.45) is 8.07. The Balaban J connectivity index is 1.29. The van der Waals surface area contributed by atoms with E-state index < -0.39 is 0 Å². The van der Waals surface area contributed by atoms with E-state index >= 15 is 0 Å². The molecule has 3 aliphatic rings. The van der Waals surface area contributed by atoms with Crippen LogP contribution in [0.1, 0.15) is 62.5 Å². The lowest BCUT2D eigenvalue weighted by Crippen LogP contribution is -2.41. The first kappa shape index (κ1) is 19.4. The molecule has 2 aliphatic carbocycles. The van der Waals surface area contributed by atoms with Crippen molar-refractivity contribution in [3.05, 3.63) is 29.1 Å². The molecule has 0 bridgehead atoms. The average molecular weight is 387 g/mol. The molecule has 2 amide bonds. The summed E-state index contributed by atoms with van der Waals surface area (Å²) in [6.45, 7) is 1.44. The highest BCUT2D eigenvalue weighted by Gasteiger charge is 2.30. The number of hydrogen-bond acceptors (Lipinski definition) is 3. The minimum atomic E-state index is -0.287. The van der Waals surface area contributed by atoms with Gasteiger partial charge in [0.1, 0.15) is 5.82 Å². The third-order valence-electron chi connectivity index (χ3n) is 6.64. The van der Waals surface area contributed by atoms with E-state index in [9.17, 15) is 14.0 Å². The van der Waals surface area contributed by atoms with Crippen molar-refractivity contribution in [3.8, 4) is 0 Å². The molecule has 5 nitrogen and oxygen atoms in total. The SMILES string of the molecule is O=C(Nc1ccc2c(c1F)CCNC2)C1CCC(NC(=O)C2CCCC2)CC1. The highest BCUT2D eigenvalue weighted by Crippen LogP contribution is 2.30. The molecule has 2 saturated carbocycles. The molecule has 0 radical (unpaired) electrons. The van der Waals surface area contributed by atoms with Crippen LogP contribution in [-0.2, 0) is 22.6 Å². The predicted octanol–water partition coefficient (Wildman–Crippen LogP) is 3.28. The van der Waals surface area contributed by atoms with Crippen LogP contribution in [-0.4, -0.2) is 24.4 Å². The zero-order valence-corrected chi connectivity index (χ0v) is 16.4. The van der Waals surface area contributed by atoms with Crippen molar-refractivity contribution < 1.29 is 14.0 Å². The van der Waals surface area contributed by atoms with Crippen molar-refractivity contribution in [3.63, 3.8) is 0 Å². The van der Waals surface area contributed by atoms with Crippen LogP contribution in [0.5, 0.6) is 0 Å². The van der Waals surface area contributed by atoms with Gasteiger partial charge in [-0.3, -0.25) is 9.59 Å². The summed E-state index contributed by atoms with van der Waals surface area (Å²) in [5, 5.41) is 9.22. The molecule has 0 spiro atoms. The number of fused-ring (bicyclic) bond motifs is 1. The maximum Gasteiger partial charge on any atom is 0.227 e. The first-order chi connectivity index (χ1) is 13.6. The smallest absolute Gasteiger partial charge is 0.227 e. The maximum absolute atomic E-state index is 14.7. The molecule has 152 valence electrons. The van der Waals surface area contributed by atoms with Crippen LogP contribution in [0.25, 0.3) is 0 Å². The van der Waals surface area contributed by atoms with Gasteiger partial charge in [-0.1, -0.05) is 18.9 Å². The highest BCUT2D eigenvalue weighted by molar-refractivity contribution is 5.93. The van der Waals surface area contributed by atoms with Gasteiger partial charge < -0.3 is 16.0 Å². The number of benzene rings is 1. The summed E-state index contributed by atoms with van der Waals surface area (Å²) >= 11 is 0. The second-order valence-corrected chi connectivity index (χ2v) is 8.52. The number of amides is 2. The van der Waals surface area contributed by atoms with Crippen molar-refractivity contribution in [2.24, 2.45) is 11.8 Å². The van der Waals surface area contributed by atoms with Gasteiger partial charge >= 0.3 is 0 Å². The number of hydrogen-bond donors (Lipinski definition) is 3. The van der Waals surface area contributed by atoms with Gasteiger partial charge in [-0.2, -0.15) is 0 Å². The lowest BCUT2D eigenvalue weighted by Gasteiger charge is -2.29. The van der Waals surface area contributed by atoms with Crippen LogP contribution in [0.2, 0.25) is 0 Å². The standard InChI is InChI=1S/C22H30FN3O2/c23-20-18-11-12-24-13-16(18)7-10-19(20)26-22(28)15-5-8-17(9-6-15)25-21(27)14-3-1-2-4-14/h7,10,14-15,17,24H,1-6,8-9,11-13H2,(H,25,27)(H,26,28). The minimum absolute atomic E-state index is 0.103. The first-order valence-electron chi connectivity index (χ1n) is 10.7. The molecule has 1 heterocycles. The normalized spacial score (nSPS) is 25.2. The van der Waals surface area contributed by atoms with Crippen molar-refractivity contribution in [1.82, 2.24) is 10.6 Å². The molecule has 6 heteroatoms. The Morgan fingerprint density at radius 3 is 2.43 bits per heavy atom. The third kappa shape index (κ3) is 4.22. The number of carbonyl (C=O) groups excluding carboxylic acids is 2. The number of halogens is 1. The van der Waals surface area contributed by atoms with Crippen LogP contribution in [0.15, 0.2) is 12.1 Å². The molecule has 1 aromatic rings. The van der Waals surface area contributed by atoms with Crippen molar-refractivity contribution in [2.45, 2.75) is 70.4 Å². The number of anilines is 1. The van der Waals surface area contributed by atoms with Gasteiger partial charge in [0.25, 0.3) is 0 Å². The Kier molecular flexibility index (Phi) is 5.95. The van der Waals surface area contributed by atoms with Crippen LogP contribution in [0, 0.1) is 17.7 Å². The lowest BCUT2D eigenvalue weighted by atomic mass is 9.85. The van der Waals surface area contributed by atoms with Crippen LogP contribution >= 0.6 is 0 Å². The molecule has 1 aromatic carbocycles. The molecule has 0 saturated heterocycles. The van der Waals surface area contributed by atoms with E-state index in [0.29, 0.717) is 18.7 Å². The van der Waals surface area contributed by atoms with E-state index in [4.69, 9.17) is 0 Å². The maximum atomic E-state index is 14.7. The Hall–Kier alpha value is -1.95. The van der Waals surface area contributed by atoms with Crippen LogP contribution < -0.4 is 16.0 Å². The summed E-state index contributed by atoms with van der Waals surface area (Å²) in [5.41, 5.74) is 1.98. The predicted molar refractivity (Wildman–Crippen MR) is 106 cm³/mol. The van der Waals surface area contributed by atoms with Crippen molar-refractivity contribution >= 4 is 17.5 Å². The summed E-state index contributed by atoms with van der Waals surface area (Å²) in [4.78, 5) is 24.9. The zero-order chi connectivity index (χ0) is 19.5. The fraction of sp³-hybridized carbons (Fsp3) is 0.636. The molecule has 4 rings (SSSR count). The second-order valence-electron chi connectivity index (χ2n) is 8.52. The zero-order valence-electron chi connectivity index (χ0n) is 16.4. The van der Waals surface area contributed by atoms with Crippen molar-refractivity contribution in [1.29, 1.82) is 0 Å². The van der Waals surface area contributed by atoms with Gasteiger partial charge in [0.05, 0.1) is 5.69 Å². The molecular weight excluding hydrogens is 357 g/mol. The van der Waals surface area contributed by atoms with E-state index in [-0.39, 0.29) is 35.5 Å². The van der Waals surface area contributed by atoms with E-state index in [1.54, 1.807) is 6.07 Å². The fourth-order valence-electron chi connectivity index (χ4n) is 4.87. The van der Waals surface area contributed by atoms with E-state index in [2.05, 4.69) is 16.0 Å². The van der Waals surface area contributed by atoms with Gasteiger partial charge in [-0.15, -0.1) is 0 Å². The quantitative estimate of drug-likeness (QED) is 0.743. The van der Waals surface area contributed by atoms with Gasteiger partial charge in [0.15, 0.2) is 0 Å². The van der Waals surface area contributed by atoms with Gasteiger partial charge in [-0.05, 0) is 68.7 Å². The van der Waals surface area contributed by atoms with Gasteiger partial charge in [0.2, 0.25) is 11.8 Å². The minimum Gasteiger partial charge on any atom is -0.353 e. The molecule has 2 fully saturated rings.